The van der Waals surface area contributed by atoms with Crippen molar-refractivity contribution in [3.8, 4) is 0 Å². The fraction of sp³-hybridized carbons (Fsp3) is 0.824. The van der Waals surface area contributed by atoms with Crippen LogP contribution < -0.4 is 0 Å². The van der Waals surface area contributed by atoms with Crippen LogP contribution in [0.4, 0.5) is 4.79 Å². The van der Waals surface area contributed by atoms with E-state index in [0.717, 1.165) is 0 Å². The summed E-state index contributed by atoms with van der Waals surface area (Å²) in [5, 5.41) is 0. The van der Waals surface area contributed by atoms with Gasteiger partial charge in [-0.15, -0.1) is 0 Å². The van der Waals surface area contributed by atoms with E-state index in [1.54, 1.807) is 32.6 Å². The van der Waals surface area contributed by atoms with Gasteiger partial charge in [0.25, 0.3) is 0 Å². The molecule has 8 nitrogen and oxygen atoms in total. The third-order valence-corrected chi connectivity index (χ3v) is 4.20. The van der Waals surface area contributed by atoms with Crippen molar-refractivity contribution in [2.45, 2.75) is 33.3 Å². The highest BCUT2D eigenvalue weighted by Gasteiger charge is 2.46. The van der Waals surface area contributed by atoms with Crippen molar-refractivity contribution in [2.75, 3.05) is 46.0 Å². The Labute approximate surface area is 148 Å². The van der Waals surface area contributed by atoms with Crippen LogP contribution in [-0.4, -0.2) is 79.4 Å². The Bertz CT molecular complexity index is 510. The van der Waals surface area contributed by atoms with Crippen molar-refractivity contribution in [1.82, 2.24) is 9.80 Å². The Hall–Kier alpha value is -1.83. The summed E-state index contributed by atoms with van der Waals surface area (Å²) in [6.45, 7) is 9.55. The smallest absolute Gasteiger partial charge is 0.410 e. The number of amides is 2. The van der Waals surface area contributed by atoms with E-state index in [9.17, 15) is 14.4 Å². The molecule has 0 bridgehead atoms. The molecule has 2 aliphatic rings. The molecule has 0 aromatic rings. The van der Waals surface area contributed by atoms with Gasteiger partial charge in [0, 0.05) is 26.2 Å². The second-order valence-electron chi connectivity index (χ2n) is 7.29. The maximum atomic E-state index is 12.9. The average Bonchev–Trinajstić information content (AvgIpc) is 2.99. The van der Waals surface area contributed by atoms with Gasteiger partial charge in [-0.25, -0.2) is 4.79 Å². The van der Waals surface area contributed by atoms with Crippen LogP contribution in [-0.2, 0) is 23.8 Å². The number of morpholine rings is 1. The van der Waals surface area contributed by atoms with Gasteiger partial charge in [-0.2, -0.15) is 0 Å². The topological polar surface area (TPSA) is 85.4 Å². The van der Waals surface area contributed by atoms with Crippen LogP contribution in [0.25, 0.3) is 0 Å². The number of hydrogen-bond donors (Lipinski definition) is 0. The summed E-state index contributed by atoms with van der Waals surface area (Å²) in [7, 11) is 0. The monoisotopic (exact) mass is 356 g/mol. The van der Waals surface area contributed by atoms with E-state index in [-0.39, 0.29) is 25.6 Å². The fourth-order valence-corrected chi connectivity index (χ4v) is 3.04. The Morgan fingerprint density at radius 1 is 1.04 bits per heavy atom. The van der Waals surface area contributed by atoms with Gasteiger partial charge in [0.15, 0.2) is 0 Å². The number of carbonyl (C=O) groups excluding carboxylic acids is 3. The Morgan fingerprint density at radius 2 is 1.64 bits per heavy atom. The SMILES string of the molecule is CCOC(=O)[C@@H]1CN(C(=O)OC(C)(C)C)C[C@H]1C(=O)N1CCOCC1. The average molecular weight is 356 g/mol. The first kappa shape index (κ1) is 19.5. The first-order valence-electron chi connectivity index (χ1n) is 8.74. The van der Waals surface area contributed by atoms with E-state index in [0.29, 0.717) is 26.3 Å². The summed E-state index contributed by atoms with van der Waals surface area (Å²) in [4.78, 5) is 40.6. The van der Waals surface area contributed by atoms with Crippen LogP contribution in [0, 0.1) is 11.8 Å². The van der Waals surface area contributed by atoms with Crippen molar-refractivity contribution in [3.63, 3.8) is 0 Å². The fourth-order valence-electron chi connectivity index (χ4n) is 3.04. The number of hydrogen-bond acceptors (Lipinski definition) is 6. The van der Waals surface area contributed by atoms with Gasteiger partial charge in [0.2, 0.25) is 5.91 Å². The lowest BCUT2D eigenvalue weighted by molar-refractivity contribution is -0.154. The highest BCUT2D eigenvalue weighted by atomic mass is 16.6. The Balaban J connectivity index is 2.11. The molecule has 2 fully saturated rings. The Morgan fingerprint density at radius 3 is 2.20 bits per heavy atom. The molecular weight excluding hydrogens is 328 g/mol. The number of ether oxygens (including phenoxy) is 3. The van der Waals surface area contributed by atoms with E-state index in [2.05, 4.69) is 0 Å². The van der Waals surface area contributed by atoms with E-state index in [1.807, 2.05) is 0 Å². The largest absolute Gasteiger partial charge is 0.466 e. The zero-order chi connectivity index (χ0) is 18.6. The zero-order valence-electron chi connectivity index (χ0n) is 15.4. The summed E-state index contributed by atoms with van der Waals surface area (Å²) >= 11 is 0. The molecule has 0 aliphatic carbocycles. The number of carbonyl (C=O) groups is 3. The van der Waals surface area contributed by atoms with Crippen LogP contribution >= 0.6 is 0 Å². The molecule has 8 heteroatoms. The van der Waals surface area contributed by atoms with E-state index < -0.39 is 29.5 Å². The molecule has 0 aromatic heterocycles. The molecule has 25 heavy (non-hydrogen) atoms. The minimum Gasteiger partial charge on any atom is -0.466 e. The highest BCUT2D eigenvalue weighted by Crippen LogP contribution is 2.28. The van der Waals surface area contributed by atoms with Crippen LogP contribution in [0.5, 0.6) is 0 Å². The van der Waals surface area contributed by atoms with E-state index in [1.165, 1.54) is 4.90 Å². The molecule has 0 aromatic carbocycles. The minimum absolute atomic E-state index is 0.132. The molecule has 2 rings (SSSR count). The quantitative estimate of drug-likeness (QED) is 0.698. The molecule has 2 amide bonds. The summed E-state index contributed by atoms with van der Waals surface area (Å²) in [6.07, 6.45) is -0.515. The van der Waals surface area contributed by atoms with Gasteiger partial charge in [0.05, 0.1) is 31.7 Å². The third kappa shape index (κ3) is 5.07. The van der Waals surface area contributed by atoms with Gasteiger partial charge in [-0.1, -0.05) is 0 Å². The van der Waals surface area contributed by atoms with Crippen LogP contribution in [0.15, 0.2) is 0 Å². The predicted octanol–water partition coefficient (Wildman–Crippen LogP) is 0.891. The zero-order valence-corrected chi connectivity index (χ0v) is 15.4. The molecule has 0 spiro atoms. The predicted molar refractivity (Wildman–Crippen MR) is 88.8 cm³/mol. The van der Waals surface area contributed by atoms with Gasteiger partial charge in [-0.3, -0.25) is 9.59 Å². The van der Waals surface area contributed by atoms with Gasteiger partial charge in [0.1, 0.15) is 5.60 Å². The lowest BCUT2D eigenvalue weighted by Crippen LogP contribution is -2.46. The Kier molecular flexibility index (Phi) is 6.26. The van der Waals surface area contributed by atoms with Crippen LogP contribution in [0.1, 0.15) is 27.7 Å². The summed E-state index contributed by atoms with van der Waals surface area (Å²) in [5.74, 6) is -1.85. The lowest BCUT2D eigenvalue weighted by Gasteiger charge is -2.30. The van der Waals surface area contributed by atoms with Gasteiger partial charge < -0.3 is 24.0 Å². The lowest BCUT2D eigenvalue weighted by atomic mass is 9.94. The molecule has 2 atom stereocenters. The summed E-state index contributed by atoms with van der Waals surface area (Å²) in [6, 6.07) is 0. The molecule has 2 saturated heterocycles. The van der Waals surface area contributed by atoms with Crippen molar-refractivity contribution in [1.29, 1.82) is 0 Å². The molecule has 2 aliphatic heterocycles. The maximum absolute atomic E-state index is 12.9. The summed E-state index contributed by atoms with van der Waals surface area (Å²) < 4.78 is 15.8. The molecule has 0 radical (unpaired) electrons. The van der Waals surface area contributed by atoms with Crippen LogP contribution in [0.3, 0.4) is 0 Å². The molecule has 0 N–H and O–H groups in total. The minimum atomic E-state index is -0.664. The van der Waals surface area contributed by atoms with Crippen molar-refractivity contribution in [2.24, 2.45) is 11.8 Å². The van der Waals surface area contributed by atoms with Crippen molar-refractivity contribution < 1.29 is 28.6 Å². The third-order valence-electron chi connectivity index (χ3n) is 4.20. The van der Waals surface area contributed by atoms with E-state index >= 15 is 0 Å². The molecule has 0 saturated carbocycles. The maximum Gasteiger partial charge on any atom is 0.410 e. The van der Waals surface area contributed by atoms with Crippen molar-refractivity contribution in [3.05, 3.63) is 0 Å². The van der Waals surface area contributed by atoms with Gasteiger partial charge in [-0.05, 0) is 27.7 Å². The second kappa shape index (κ2) is 8.03. The van der Waals surface area contributed by atoms with Gasteiger partial charge >= 0.3 is 12.1 Å². The number of nitrogens with zero attached hydrogens (tertiary/aromatic N) is 2. The first-order chi connectivity index (χ1) is 11.7. The first-order valence-corrected chi connectivity index (χ1v) is 8.74. The number of rotatable bonds is 3. The van der Waals surface area contributed by atoms with Crippen LogP contribution in [0.2, 0.25) is 0 Å². The standard InChI is InChI=1S/C17H28N2O6/c1-5-24-15(21)13-11-19(16(22)25-17(2,3)4)10-12(13)14(20)18-6-8-23-9-7-18/h12-13H,5-11H2,1-4H3/t12-,13-/m1/s1. The number of esters is 1. The normalized spacial score (nSPS) is 24.2. The second-order valence-corrected chi connectivity index (χ2v) is 7.29. The molecular formula is C17H28N2O6. The number of likely N-dealkylation sites (tertiary alicyclic amines) is 1. The van der Waals surface area contributed by atoms with E-state index in [4.69, 9.17) is 14.2 Å². The molecule has 2 heterocycles. The molecule has 0 unspecified atom stereocenters. The van der Waals surface area contributed by atoms with Crippen molar-refractivity contribution >= 4 is 18.0 Å². The molecule has 142 valence electrons. The summed E-state index contributed by atoms with van der Waals surface area (Å²) in [5.41, 5.74) is -0.636. The highest BCUT2D eigenvalue weighted by molar-refractivity contribution is 5.87.